The smallest absolute Gasteiger partial charge is 0.307 e. The number of anilines is 1. The fourth-order valence-electron chi connectivity index (χ4n) is 2.56. The number of aryl methyl sites for hydroxylation is 2. The van der Waals surface area contributed by atoms with Gasteiger partial charge in [0.2, 0.25) is 5.91 Å². The van der Waals surface area contributed by atoms with Gasteiger partial charge in [-0.05, 0) is 55.7 Å². The third-order valence-electron chi connectivity index (χ3n) is 4.39. The lowest BCUT2D eigenvalue weighted by Gasteiger charge is -2.11. The fraction of sp³-hybridized carbons (Fsp3) is 0.200. The van der Waals surface area contributed by atoms with Gasteiger partial charge in [0, 0.05) is 10.7 Å². The van der Waals surface area contributed by atoms with Crippen molar-refractivity contribution in [1.82, 2.24) is 20.1 Å². The molecule has 1 aromatic heterocycles. The number of hydrogen-bond donors (Lipinski definition) is 2. The molecule has 3 amide bonds. The minimum absolute atomic E-state index is 0.0124. The number of amides is 3. The van der Waals surface area contributed by atoms with Gasteiger partial charge in [0.25, 0.3) is 0 Å². The second-order valence-electron chi connectivity index (χ2n) is 6.46. The van der Waals surface area contributed by atoms with Crippen LogP contribution in [0.15, 0.2) is 47.9 Å². The molecule has 2 N–H and O–H groups in total. The third-order valence-corrected chi connectivity index (χ3v) is 5.74. The van der Waals surface area contributed by atoms with Crippen LogP contribution in [0.4, 0.5) is 10.5 Å². The number of aromatic nitrogens is 3. The molecule has 7 nitrogen and oxygen atoms in total. The molecule has 0 bridgehead atoms. The van der Waals surface area contributed by atoms with Gasteiger partial charge in [-0.15, -0.1) is 10.2 Å². The number of halogens is 1. The maximum atomic E-state index is 12.2. The predicted molar refractivity (Wildman–Crippen MR) is 115 cm³/mol. The highest BCUT2D eigenvalue weighted by atomic mass is 35.5. The van der Waals surface area contributed by atoms with Gasteiger partial charge >= 0.3 is 6.03 Å². The van der Waals surface area contributed by atoms with Crippen LogP contribution in [0.2, 0.25) is 5.02 Å². The number of nitrogens with one attached hydrogen (secondary N) is 2. The number of carbonyl (C=O) groups excluding carboxylic acids is 2. The van der Waals surface area contributed by atoms with Crippen LogP contribution < -0.4 is 10.6 Å². The molecule has 0 saturated heterocycles. The summed E-state index contributed by atoms with van der Waals surface area (Å²) in [5.74, 6) is -0.423. The van der Waals surface area contributed by atoms with Gasteiger partial charge in [-0.2, -0.15) is 0 Å². The molecule has 3 aromatic rings. The second-order valence-corrected chi connectivity index (χ2v) is 7.81. The SMILES string of the molecule is Cc1ccc(-n2cnnc2SCC(=O)NC(=O)Nc2cccc(C)c2C)cc1Cl. The molecule has 0 atom stereocenters. The maximum absolute atomic E-state index is 12.2. The summed E-state index contributed by atoms with van der Waals surface area (Å²) in [5.41, 5.74) is 4.43. The predicted octanol–water partition coefficient (Wildman–Crippen LogP) is 4.29. The first-order valence-electron chi connectivity index (χ1n) is 8.81. The monoisotopic (exact) mass is 429 g/mol. The first-order valence-corrected chi connectivity index (χ1v) is 10.2. The number of rotatable bonds is 5. The van der Waals surface area contributed by atoms with Crippen LogP contribution in [0.1, 0.15) is 16.7 Å². The Morgan fingerprint density at radius 3 is 2.69 bits per heavy atom. The Labute approximate surface area is 177 Å². The largest absolute Gasteiger partial charge is 0.325 e. The highest BCUT2D eigenvalue weighted by molar-refractivity contribution is 7.99. The zero-order valence-corrected chi connectivity index (χ0v) is 17.8. The first-order chi connectivity index (χ1) is 13.8. The van der Waals surface area contributed by atoms with Crippen molar-refractivity contribution in [2.75, 3.05) is 11.1 Å². The van der Waals surface area contributed by atoms with E-state index in [1.54, 1.807) is 17.0 Å². The molecule has 1 heterocycles. The number of carbonyl (C=O) groups is 2. The zero-order valence-electron chi connectivity index (χ0n) is 16.2. The molecule has 0 fully saturated rings. The van der Waals surface area contributed by atoms with Crippen molar-refractivity contribution in [3.05, 3.63) is 64.4 Å². The molecular formula is C20H20ClN5O2S. The number of thioether (sulfide) groups is 1. The molecule has 0 saturated carbocycles. The number of hydrogen-bond acceptors (Lipinski definition) is 5. The lowest BCUT2D eigenvalue weighted by Crippen LogP contribution is -2.35. The standard InChI is InChI=1S/C20H20ClN5O2S/c1-12-5-4-6-17(14(12)3)23-19(28)24-18(27)10-29-20-25-22-11-26(20)15-8-7-13(2)16(21)9-15/h4-9,11H,10H2,1-3H3,(H2,23,24,27,28). The molecule has 3 rings (SSSR count). The fourth-order valence-corrected chi connectivity index (χ4v) is 3.47. The average molecular weight is 430 g/mol. The molecule has 0 aliphatic rings. The summed E-state index contributed by atoms with van der Waals surface area (Å²) < 4.78 is 1.74. The minimum atomic E-state index is -0.573. The van der Waals surface area contributed by atoms with Crippen LogP contribution in [0.25, 0.3) is 5.69 Å². The molecule has 0 aliphatic carbocycles. The van der Waals surface area contributed by atoms with Crippen molar-refractivity contribution < 1.29 is 9.59 Å². The Morgan fingerprint density at radius 2 is 1.93 bits per heavy atom. The lowest BCUT2D eigenvalue weighted by molar-refractivity contribution is -0.117. The van der Waals surface area contributed by atoms with E-state index in [2.05, 4.69) is 20.8 Å². The molecule has 29 heavy (non-hydrogen) atoms. The summed E-state index contributed by atoms with van der Waals surface area (Å²) in [4.78, 5) is 24.3. The Morgan fingerprint density at radius 1 is 1.14 bits per heavy atom. The third kappa shape index (κ3) is 5.16. The van der Waals surface area contributed by atoms with Crippen molar-refractivity contribution in [2.24, 2.45) is 0 Å². The van der Waals surface area contributed by atoms with Crippen molar-refractivity contribution in [3.63, 3.8) is 0 Å². The molecule has 9 heteroatoms. The van der Waals surface area contributed by atoms with Crippen molar-refractivity contribution >= 4 is 41.0 Å². The van der Waals surface area contributed by atoms with Crippen LogP contribution in [0.5, 0.6) is 0 Å². The van der Waals surface area contributed by atoms with Crippen LogP contribution in [0.3, 0.4) is 0 Å². The average Bonchev–Trinajstić information content (AvgIpc) is 3.14. The summed E-state index contributed by atoms with van der Waals surface area (Å²) in [6.45, 7) is 5.78. The highest BCUT2D eigenvalue weighted by Gasteiger charge is 2.14. The Balaban J connectivity index is 1.59. The normalized spacial score (nSPS) is 10.6. The summed E-state index contributed by atoms with van der Waals surface area (Å²) in [7, 11) is 0. The second kappa shape index (κ2) is 9.11. The maximum Gasteiger partial charge on any atom is 0.325 e. The minimum Gasteiger partial charge on any atom is -0.307 e. The first kappa shape index (κ1) is 20.9. The number of imide groups is 1. The molecule has 0 spiro atoms. The summed E-state index contributed by atoms with van der Waals surface area (Å²) >= 11 is 7.36. The highest BCUT2D eigenvalue weighted by Crippen LogP contribution is 2.23. The number of nitrogens with zero attached hydrogens (tertiary/aromatic N) is 3. The van der Waals surface area contributed by atoms with Gasteiger partial charge in [-0.1, -0.05) is 41.6 Å². The van der Waals surface area contributed by atoms with E-state index in [0.29, 0.717) is 15.9 Å². The molecule has 0 unspecified atom stereocenters. The van der Waals surface area contributed by atoms with Gasteiger partial charge in [0.15, 0.2) is 5.16 Å². The van der Waals surface area contributed by atoms with E-state index in [-0.39, 0.29) is 5.75 Å². The zero-order chi connectivity index (χ0) is 21.0. The van der Waals surface area contributed by atoms with E-state index >= 15 is 0 Å². The van der Waals surface area contributed by atoms with E-state index in [0.717, 1.165) is 22.4 Å². The lowest BCUT2D eigenvalue weighted by atomic mass is 10.1. The number of benzene rings is 2. The van der Waals surface area contributed by atoms with E-state index in [9.17, 15) is 9.59 Å². The number of urea groups is 1. The van der Waals surface area contributed by atoms with Crippen molar-refractivity contribution in [1.29, 1.82) is 0 Å². The summed E-state index contributed by atoms with van der Waals surface area (Å²) in [6, 6.07) is 10.6. The van der Waals surface area contributed by atoms with Crippen molar-refractivity contribution in [2.45, 2.75) is 25.9 Å². The van der Waals surface area contributed by atoms with Crippen molar-refractivity contribution in [3.8, 4) is 5.69 Å². The van der Waals surface area contributed by atoms with Gasteiger partial charge < -0.3 is 5.32 Å². The molecule has 0 radical (unpaired) electrons. The van der Waals surface area contributed by atoms with E-state index in [4.69, 9.17) is 11.6 Å². The molecule has 150 valence electrons. The molecule has 0 aliphatic heterocycles. The molecular weight excluding hydrogens is 410 g/mol. The van der Waals surface area contributed by atoms with Crippen LogP contribution in [-0.2, 0) is 4.79 Å². The Hall–Kier alpha value is -2.84. The Bertz CT molecular complexity index is 1070. The topological polar surface area (TPSA) is 88.9 Å². The van der Waals surface area contributed by atoms with Crippen LogP contribution >= 0.6 is 23.4 Å². The van der Waals surface area contributed by atoms with E-state index in [1.165, 1.54) is 11.8 Å². The van der Waals surface area contributed by atoms with Crippen LogP contribution in [0, 0.1) is 20.8 Å². The van der Waals surface area contributed by atoms with Gasteiger partial charge in [-0.3, -0.25) is 14.7 Å². The van der Waals surface area contributed by atoms with E-state index in [1.807, 2.05) is 51.1 Å². The van der Waals surface area contributed by atoms with Gasteiger partial charge in [-0.25, -0.2) is 4.79 Å². The quantitative estimate of drug-likeness (QED) is 0.590. The van der Waals surface area contributed by atoms with Crippen LogP contribution in [-0.4, -0.2) is 32.5 Å². The van der Waals surface area contributed by atoms with E-state index < -0.39 is 11.9 Å². The van der Waals surface area contributed by atoms with Gasteiger partial charge in [0.05, 0.1) is 11.4 Å². The summed E-state index contributed by atoms with van der Waals surface area (Å²) in [6.07, 6.45) is 1.55. The van der Waals surface area contributed by atoms with Gasteiger partial charge in [0.1, 0.15) is 6.33 Å². The Kier molecular flexibility index (Phi) is 6.56. The summed E-state index contributed by atoms with van der Waals surface area (Å²) in [5, 5.41) is 14.1. The molecule has 2 aromatic carbocycles.